The predicted molar refractivity (Wildman–Crippen MR) is 65.8 cm³/mol. The molecule has 3 nitrogen and oxygen atoms in total. The van der Waals surface area contributed by atoms with E-state index in [0.717, 1.165) is 0 Å². The van der Waals surface area contributed by atoms with Crippen LogP contribution in [0.25, 0.3) is 0 Å². The normalized spacial score (nSPS) is 12.6. The fourth-order valence-corrected chi connectivity index (χ4v) is 2.02. The summed E-state index contributed by atoms with van der Waals surface area (Å²) in [5.74, 6) is -1.13. The Morgan fingerprint density at radius 2 is 1.81 bits per heavy atom. The first kappa shape index (κ1) is 13.9. The number of aliphatic carboxylic acids is 1. The van der Waals surface area contributed by atoms with E-state index in [1.807, 2.05) is 0 Å². The summed E-state index contributed by atoms with van der Waals surface area (Å²) >= 11 is 23.3. The summed E-state index contributed by atoms with van der Waals surface area (Å²) in [6.07, 6.45) is 0.0325. The number of nitrogens with two attached hydrogens (primary N) is 1. The quantitative estimate of drug-likeness (QED) is 0.665. The molecule has 0 aliphatic carbocycles. The first-order valence-electron chi connectivity index (χ1n) is 4.14. The zero-order chi connectivity index (χ0) is 12.5. The van der Waals surface area contributed by atoms with Crippen molar-refractivity contribution in [3.05, 3.63) is 31.7 Å². The van der Waals surface area contributed by atoms with Crippen LogP contribution in [0, 0.1) is 0 Å². The topological polar surface area (TPSA) is 63.3 Å². The second-order valence-corrected chi connectivity index (χ2v) is 4.65. The first-order chi connectivity index (χ1) is 7.34. The Morgan fingerprint density at radius 1 is 1.25 bits per heavy atom. The SMILES string of the molecule is NC(Cc1cc(Cl)c(Cl)c(Cl)c1Cl)C(=O)O. The number of benzene rings is 1. The van der Waals surface area contributed by atoms with Gasteiger partial charge in [-0.2, -0.15) is 0 Å². The molecule has 0 fully saturated rings. The fraction of sp³-hybridized carbons (Fsp3) is 0.222. The van der Waals surface area contributed by atoms with Crippen molar-refractivity contribution < 1.29 is 9.90 Å². The van der Waals surface area contributed by atoms with Crippen LogP contribution in [0.15, 0.2) is 6.07 Å². The molecule has 16 heavy (non-hydrogen) atoms. The zero-order valence-electron chi connectivity index (χ0n) is 7.81. The number of halogens is 4. The van der Waals surface area contributed by atoms with Crippen LogP contribution in [0.4, 0.5) is 0 Å². The van der Waals surface area contributed by atoms with E-state index in [-0.39, 0.29) is 26.5 Å². The lowest BCUT2D eigenvalue weighted by molar-refractivity contribution is -0.138. The van der Waals surface area contributed by atoms with Gasteiger partial charge in [-0.25, -0.2) is 0 Å². The summed E-state index contributed by atoms with van der Waals surface area (Å²) in [5.41, 5.74) is 5.83. The van der Waals surface area contributed by atoms with Gasteiger partial charge in [-0.1, -0.05) is 46.4 Å². The van der Waals surface area contributed by atoms with Crippen molar-refractivity contribution in [1.29, 1.82) is 0 Å². The summed E-state index contributed by atoms with van der Waals surface area (Å²) in [6.45, 7) is 0. The Hall–Kier alpha value is -0.190. The molecule has 7 heteroatoms. The Kier molecular flexibility index (Phi) is 4.71. The third-order valence-electron chi connectivity index (χ3n) is 1.93. The molecule has 0 amide bonds. The minimum atomic E-state index is -1.13. The van der Waals surface area contributed by atoms with Crippen LogP contribution in [-0.4, -0.2) is 17.1 Å². The monoisotopic (exact) mass is 301 g/mol. The Bertz CT molecular complexity index is 436. The van der Waals surface area contributed by atoms with Crippen molar-refractivity contribution in [2.75, 3.05) is 0 Å². The van der Waals surface area contributed by atoms with Gasteiger partial charge in [-0.15, -0.1) is 0 Å². The summed E-state index contributed by atoms with van der Waals surface area (Å²) < 4.78 is 0. The minimum absolute atomic E-state index is 0.0325. The minimum Gasteiger partial charge on any atom is -0.480 e. The fourth-order valence-electron chi connectivity index (χ4n) is 1.09. The lowest BCUT2D eigenvalue weighted by Crippen LogP contribution is -2.32. The van der Waals surface area contributed by atoms with E-state index in [1.165, 1.54) is 6.07 Å². The average Bonchev–Trinajstić information content (AvgIpc) is 2.22. The second kappa shape index (κ2) is 5.43. The van der Waals surface area contributed by atoms with Crippen molar-refractivity contribution in [2.45, 2.75) is 12.5 Å². The van der Waals surface area contributed by atoms with E-state index in [2.05, 4.69) is 0 Å². The lowest BCUT2D eigenvalue weighted by atomic mass is 10.1. The van der Waals surface area contributed by atoms with Crippen LogP contribution in [0.3, 0.4) is 0 Å². The Balaban J connectivity index is 3.11. The molecule has 0 heterocycles. The molecular formula is C9H7Cl4NO2. The number of rotatable bonds is 3. The van der Waals surface area contributed by atoms with Crippen molar-refractivity contribution >= 4 is 52.4 Å². The summed E-state index contributed by atoms with van der Waals surface area (Å²) in [4.78, 5) is 10.6. The third kappa shape index (κ3) is 2.93. The Morgan fingerprint density at radius 3 is 2.31 bits per heavy atom. The molecule has 1 rings (SSSR count). The van der Waals surface area contributed by atoms with E-state index in [1.54, 1.807) is 0 Å². The van der Waals surface area contributed by atoms with E-state index in [9.17, 15) is 4.79 Å². The van der Waals surface area contributed by atoms with Crippen LogP contribution in [0.5, 0.6) is 0 Å². The highest BCUT2D eigenvalue weighted by molar-refractivity contribution is 6.52. The van der Waals surface area contributed by atoms with Crippen LogP contribution in [0.2, 0.25) is 20.1 Å². The molecule has 0 bridgehead atoms. The standard InChI is InChI=1S/C9H7Cl4NO2/c10-4-1-3(2-5(14)9(15)16)6(11)8(13)7(4)12/h1,5H,2,14H2,(H,15,16). The van der Waals surface area contributed by atoms with Crippen molar-refractivity contribution in [3.8, 4) is 0 Å². The molecule has 0 aliphatic rings. The molecule has 1 aromatic rings. The summed E-state index contributed by atoms with van der Waals surface area (Å²) in [6, 6.07) is 0.395. The van der Waals surface area contributed by atoms with E-state index in [0.29, 0.717) is 5.56 Å². The lowest BCUT2D eigenvalue weighted by Gasteiger charge is -2.11. The summed E-state index contributed by atoms with van der Waals surface area (Å²) in [5, 5.41) is 9.29. The molecule has 1 unspecified atom stereocenters. The molecule has 0 spiro atoms. The molecule has 0 aromatic heterocycles. The van der Waals surface area contributed by atoms with Crippen LogP contribution in [-0.2, 0) is 11.2 Å². The molecular weight excluding hydrogens is 296 g/mol. The van der Waals surface area contributed by atoms with Gasteiger partial charge in [0.05, 0.1) is 20.1 Å². The smallest absolute Gasteiger partial charge is 0.320 e. The number of hydrogen-bond donors (Lipinski definition) is 2. The van der Waals surface area contributed by atoms with E-state index in [4.69, 9.17) is 57.2 Å². The highest BCUT2D eigenvalue weighted by atomic mass is 35.5. The average molecular weight is 303 g/mol. The molecule has 0 saturated carbocycles. The number of carboxylic acids is 1. The molecule has 1 atom stereocenters. The van der Waals surface area contributed by atoms with Crippen molar-refractivity contribution in [3.63, 3.8) is 0 Å². The number of carbonyl (C=O) groups is 1. The Labute approximate surface area is 112 Å². The maximum absolute atomic E-state index is 10.6. The van der Waals surface area contributed by atoms with Crippen molar-refractivity contribution in [1.82, 2.24) is 0 Å². The first-order valence-corrected chi connectivity index (χ1v) is 5.66. The third-order valence-corrected chi connectivity index (χ3v) is 3.73. The van der Waals surface area contributed by atoms with Crippen LogP contribution >= 0.6 is 46.4 Å². The van der Waals surface area contributed by atoms with E-state index < -0.39 is 12.0 Å². The number of hydrogen-bond acceptors (Lipinski definition) is 2. The van der Waals surface area contributed by atoms with Gasteiger partial charge in [0.1, 0.15) is 6.04 Å². The summed E-state index contributed by atoms with van der Waals surface area (Å²) in [7, 11) is 0. The van der Waals surface area contributed by atoms with E-state index >= 15 is 0 Å². The van der Waals surface area contributed by atoms with Gasteiger partial charge in [0.15, 0.2) is 0 Å². The van der Waals surface area contributed by atoms with Gasteiger partial charge >= 0.3 is 5.97 Å². The molecule has 0 radical (unpaired) electrons. The largest absolute Gasteiger partial charge is 0.480 e. The molecule has 0 saturated heterocycles. The van der Waals surface area contributed by atoms with Crippen LogP contribution in [0.1, 0.15) is 5.56 Å². The van der Waals surface area contributed by atoms with Gasteiger partial charge in [0, 0.05) is 0 Å². The van der Waals surface area contributed by atoms with Gasteiger partial charge in [0.2, 0.25) is 0 Å². The molecule has 0 aliphatic heterocycles. The zero-order valence-corrected chi connectivity index (χ0v) is 10.8. The maximum Gasteiger partial charge on any atom is 0.320 e. The van der Waals surface area contributed by atoms with Gasteiger partial charge in [-0.05, 0) is 18.1 Å². The second-order valence-electron chi connectivity index (χ2n) is 3.11. The molecule has 1 aromatic carbocycles. The van der Waals surface area contributed by atoms with Crippen molar-refractivity contribution in [2.24, 2.45) is 5.73 Å². The van der Waals surface area contributed by atoms with Gasteiger partial charge < -0.3 is 10.8 Å². The highest BCUT2D eigenvalue weighted by Crippen LogP contribution is 2.38. The molecule has 3 N–H and O–H groups in total. The van der Waals surface area contributed by atoms with Gasteiger partial charge in [-0.3, -0.25) is 4.79 Å². The predicted octanol–water partition coefficient (Wildman–Crippen LogP) is 3.25. The highest BCUT2D eigenvalue weighted by Gasteiger charge is 2.18. The number of carboxylic acid groups (broad SMARTS) is 1. The maximum atomic E-state index is 10.6. The van der Waals surface area contributed by atoms with Crippen LogP contribution < -0.4 is 5.73 Å². The molecule has 88 valence electrons. The van der Waals surface area contributed by atoms with Gasteiger partial charge in [0.25, 0.3) is 0 Å².